The number of rotatable bonds is 1. The second-order valence-corrected chi connectivity index (χ2v) is 9.94. The lowest BCUT2D eigenvalue weighted by Crippen LogP contribution is -2.47. The first-order chi connectivity index (χ1) is 17.2. The molecule has 5 atom stereocenters. The van der Waals surface area contributed by atoms with Crippen molar-refractivity contribution < 1.29 is 48.2 Å². The normalized spacial score (nSPS) is 29.9. The molecule has 0 spiro atoms. The predicted octanol–water partition coefficient (Wildman–Crippen LogP) is 2.74. The molecule has 2 aromatic rings. The number of aliphatic hydroxyl groups excluding tert-OH is 1. The Bertz CT molecular complexity index is 1250. The van der Waals surface area contributed by atoms with Crippen molar-refractivity contribution in [1.29, 1.82) is 0 Å². The quantitative estimate of drug-likeness (QED) is 0.565. The summed E-state index contributed by atoms with van der Waals surface area (Å²) in [5.41, 5.74) is 0.584. The van der Waals surface area contributed by atoms with E-state index in [4.69, 9.17) is 33.2 Å². The average Bonchev–Trinajstić information content (AvgIpc) is 3.51. The van der Waals surface area contributed by atoms with E-state index in [1.807, 2.05) is 13.0 Å². The second-order valence-electron chi connectivity index (χ2n) is 9.94. The monoisotopic (exact) mass is 500 g/mol. The van der Waals surface area contributed by atoms with Gasteiger partial charge in [0.25, 0.3) is 0 Å². The Morgan fingerprint density at radius 2 is 1.67 bits per heavy atom. The molecule has 192 valence electrons. The highest BCUT2D eigenvalue weighted by Gasteiger charge is 2.46. The van der Waals surface area contributed by atoms with E-state index in [0.29, 0.717) is 57.6 Å². The highest BCUT2D eigenvalue weighted by molar-refractivity contribution is 5.89. The zero-order valence-electron chi connectivity index (χ0n) is 20.5. The molecule has 10 nitrogen and oxygen atoms in total. The molecule has 3 heterocycles. The molecule has 3 aliphatic heterocycles. The van der Waals surface area contributed by atoms with E-state index >= 15 is 0 Å². The second kappa shape index (κ2) is 8.07. The lowest BCUT2D eigenvalue weighted by Gasteiger charge is -2.35. The van der Waals surface area contributed by atoms with Gasteiger partial charge in [0.05, 0.1) is 19.8 Å². The maximum Gasteiger partial charge on any atom is 0.338 e. The number of hydrogen-bond donors (Lipinski definition) is 2. The maximum absolute atomic E-state index is 13.3. The number of ether oxygens (including phenoxy) is 7. The third kappa shape index (κ3) is 3.20. The van der Waals surface area contributed by atoms with Crippen molar-refractivity contribution in [3.8, 4) is 45.6 Å². The highest BCUT2D eigenvalue weighted by Crippen LogP contribution is 2.59. The lowest BCUT2D eigenvalue weighted by atomic mass is 9.79. The predicted molar refractivity (Wildman–Crippen MR) is 124 cm³/mol. The number of methoxy groups -OCH3 is 1. The first-order valence-corrected chi connectivity index (χ1v) is 11.9. The Morgan fingerprint density at radius 1 is 0.972 bits per heavy atom. The minimum absolute atomic E-state index is 0.0123. The highest BCUT2D eigenvalue weighted by atomic mass is 16.7. The fourth-order valence-corrected chi connectivity index (χ4v) is 5.23. The number of carbonyl (C=O) groups excluding carboxylic acids is 1. The van der Waals surface area contributed by atoms with Crippen molar-refractivity contribution in [2.45, 2.75) is 45.0 Å². The summed E-state index contributed by atoms with van der Waals surface area (Å²) in [6.07, 6.45) is -1.82. The molecule has 2 bridgehead atoms. The molecular weight excluding hydrogens is 472 g/mol. The number of benzene rings is 2. The van der Waals surface area contributed by atoms with Gasteiger partial charge in [-0.05, 0) is 37.0 Å². The number of hydrogen-bond acceptors (Lipinski definition) is 10. The Kier molecular flexibility index (Phi) is 5.17. The average molecular weight is 501 g/mol. The van der Waals surface area contributed by atoms with Crippen LogP contribution in [0.4, 0.5) is 0 Å². The van der Waals surface area contributed by atoms with Crippen LogP contribution in [0.1, 0.15) is 38.0 Å². The smallest absolute Gasteiger partial charge is 0.338 e. The van der Waals surface area contributed by atoms with Gasteiger partial charge in [0.15, 0.2) is 34.7 Å². The first kappa shape index (κ1) is 23.1. The molecule has 1 unspecified atom stereocenters. The number of esters is 1. The molecule has 4 aliphatic rings. The topological polar surface area (TPSA) is 122 Å². The molecule has 0 saturated heterocycles. The molecule has 1 aliphatic carbocycles. The Balaban J connectivity index is 1.74. The summed E-state index contributed by atoms with van der Waals surface area (Å²) >= 11 is 0. The summed E-state index contributed by atoms with van der Waals surface area (Å²) in [4.78, 5) is 13.3. The molecule has 0 saturated carbocycles. The van der Waals surface area contributed by atoms with Gasteiger partial charge in [0.1, 0.15) is 0 Å². The molecule has 2 N–H and O–H groups in total. The zero-order chi connectivity index (χ0) is 25.4. The zero-order valence-corrected chi connectivity index (χ0v) is 20.5. The molecule has 36 heavy (non-hydrogen) atoms. The van der Waals surface area contributed by atoms with Crippen molar-refractivity contribution >= 4 is 5.97 Å². The van der Waals surface area contributed by atoms with Gasteiger partial charge in [-0.1, -0.05) is 13.8 Å². The van der Waals surface area contributed by atoms with Gasteiger partial charge in [0, 0.05) is 22.6 Å². The van der Waals surface area contributed by atoms with Crippen LogP contribution < -0.4 is 28.4 Å². The standard InChI is InChI=1S/C26H28O10/c1-11-5-13-6-15-22(35-9-32-15)24-17(13)18-14(7-16-21(23(18)30-4)34-10-33-16)20(19(11)27)36-25(28)26(3,29)12(2)8-31-24/h6-7,11-12,19-20,27,29H,5,8-10H2,1-4H3/t11-,12+,19-,20?,26+/m0/s1. The minimum atomic E-state index is -1.89. The van der Waals surface area contributed by atoms with E-state index in [0.717, 1.165) is 5.56 Å². The van der Waals surface area contributed by atoms with Gasteiger partial charge >= 0.3 is 5.97 Å². The Labute approximate surface area is 207 Å². The van der Waals surface area contributed by atoms with Crippen LogP contribution in [0.5, 0.6) is 34.5 Å². The fraction of sp³-hybridized carbons (Fsp3) is 0.500. The van der Waals surface area contributed by atoms with Crippen molar-refractivity contribution in [3.05, 3.63) is 23.3 Å². The summed E-state index contributed by atoms with van der Waals surface area (Å²) in [6, 6.07) is 3.57. The third-order valence-electron chi connectivity index (χ3n) is 7.63. The van der Waals surface area contributed by atoms with Gasteiger partial charge in [-0.15, -0.1) is 0 Å². The summed E-state index contributed by atoms with van der Waals surface area (Å²) in [5.74, 6) is 0.617. The lowest BCUT2D eigenvalue weighted by molar-refractivity contribution is -0.183. The van der Waals surface area contributed by atoms with Crippen molar-refractivity contribution in [3.63, 3.8) is 0 Å². The Morgan fingerprint density at radius 3 is 2.39 bits per heavy atom. The van der Waals surface area contributed by atoms with E-state index in [1.165, 1.54) is 14.0 Å². The van der Waals surface area contributed by atoms with Crippen LogP contribution in [0, 0.1) is 11.8 Å². The van der Waals surface area contributed by atoms with E-state index in [2.05, 4.69) is 0 Å². The molecule has 0 radical (unpaired) electrons. The first-order valence-electron chi connectivity index (χ1n) is 11.9. The summed E-state index contributed by atoms with van der Waals surface area (Å²) in [6.45, 7) is 4.94. The van der Waals surface area contributed by atoms with Crippen LogP contribution in [-0.4, -0.2) is 55.2 Å². The molecular formula is C26H28O10. The van der Waals surface area contributed by atoms with Gasteiger partial charge in [-0.3, -0.25) is 0 Å². The van der Waals surface area contributed by atoms with Crippen LogP contribution >= 0.6 is 0 Å². The van der Waals surface area contributed by atoms with Crippen LogP contribution in [0.3, 0.4) is 0 Å². The van der Waals surface area contributed by atoms with Crippen molar-refractivity contribution in [2.24, 2.45) is 11.8 Å². The molecule has 10 heteroatoms. The van der Waals surface area contributed by atoms with E-state index in [-0.39, 0.29) is 26.1 Å². The molecule has 0 amide bonds. The van der Waals surface area contributed by atoms with Crippen molar-refractivity contribution in [2.75, 3.05) is 27.3 Å². The summed E-state index contributed by atoms with van der Waals surface area (Å²) in [5, 5.41) is 22.7. The van der Waals surface area contributed by atoms with E-state index < -0.39 is 29.7 Å². The largest absolute Gasteiger partial charge is 0.492 e. The van der Waals surface area contributed by atoms with E-state index in [1.54, 1.807) is 13.0 Å². The minimum Gasteiger partial charge on any atom is -0.492 e. The van der Waals surface area contributed by atoms with E-state index in [9.17, 15) is 15.0 Å². The number of aliphatic hydroxyl groups is 2. The van der Waals surface area contributed by atoms with Gasteiger partial charge < -0.3 is 43.4 Å². The van der Waals surface area contributed by atoms with Crippen LogP contribution in [-0.2, 0) is 16.0 Å². The molecule has 0 fully saturated rings. The summed E-state index contributed by atoms with van der Waals surface area (Å²) < 4.78 is 41.0. The SMILES string of the molecule is COc1c2c(cc3c1-c1c4cc5c(c1OC[C@@H](C)[C@@](C)(O)C(=O)OC3[C@@H](O)[C@@H](C)C4)OCO5)OCO2. The number of fused-ring (bicyclic) bond motifs is 3. The van der Waals surface area contributed by atoms with Crippen LogP contribution in [0.2, 0.25) is 0 Å². The van der Waals surface area contributed by atoms with Gasteiger partial charge in [-0.2, -0.15) is 0 Å². The fourth-order valence-electron chi connectivity index (χ4n) is 5.23. The molecule has 6 rings (SSSR count). The molecule has 2 aromatic carbocycles. The third-order valence-corrected chi connectivity index (χ3v) is 7.63. The number of carbonyl (C=O) groups is 1. The van der Waals surface area contributed by atoms with Gasteiger partial charge in [0.2, 0.25) is 25.1 Å². The summed E-state index contributed by atoms with van der Waals surface area (Å²) in [7, 11) is 1.51. The van der Waals surface area contributed by atoms with Crippen LogP contribution in [0.15, 0.2) is 12.1 Å². The van der Waals surface area contributed by atoms with Crippen LogP contribution in [0.25, 0.3) is 11.1 Å². The van der Waals surface area contributed by atoms with Crippen molar-refractivity contribution in [1.82, 2.24) is 0 Å². The molecule has 0 aromatic heterocycles. The Hall–Kier alpha value is -3.37. The maximum atomic E-state index is 13.3. The van der Waals surface area contributed by atoms with Gasteiger partial charge in [-0.25, -0.2) is 4.79 Å².